The van der Waals surface area contributed by atoms with Crippen LogP contribution in [0, 0.1) is 0 Å². The van der Waals surface area contributed by atoms with Crippen LogP contribution >= 0.6 is 11.3 Å². The van der Waals surface area contributed by atoms with Crippen molar-refractivity contribution in [3.05, 3.63) is 22.4 Å². The van der Waals surface area contributed by atoms with Crippen molar-refractivity contribution in [2.24, 2.45) is 0 Å². The molecule has 0 spiro atoms. The van der Waals surface area contributed by atoms with Crippen LogP contribution in [-0.4, -0.2) is 37.6 Å². The number of rotatable bonds is 7. The largest absolute Gasteiger partial charge is 0.313 e. The highest BCUT2D eigenvalue weighted by Gasteiger charge is 2.12. The smallest absolute Gasteiger partial charge is 0.0104 e. The van der Waals surface area contributed by atoms with Crippen molar-refractivity contribution in [1.29, 1.82) is 0 Å². The molecule has 0 aliphatic heterocycles. The van der Waals surface area contributed by atoms with E-state index in [1.165, 1.54) is 56.5 Å². The van der Waals surface area contributed by atoms with Crippen LogP contribution in [0.3, 0.4) is 0 Å². The van der Waals surface area contributed by atoms with Gasteiger partial charge in [0.05, 0.1) is 0 Å². The van der Waals surface area contributed by atoms with Crippen LogP contribution in [0.4, 0.5) is 0 Å². The molecule has 1 aromatic heterocycles. The summed E-state index contributed by atoms with van der Waals surface area (Å²) in [7, 11) is 2.23. The van der Waals surface area contributed by atoms with Crippen LogP contribution < -0.4 is 5.32 Å². The molecule has 1 fully saturated rings. The molecule has 2 nitrogen and oxygen atoms in total. The average Bonchev–Trinajstić information content (AvgIpc) is 2.91. The van der Waals surface area contributed by atoms with E-state index in [1.54, 1.807) is 0 Å². The van der Waals surface area contributed by atoms with E-state index >= 15 is 0 Å². The molecule has 3 heteroatoms. The van der Waals surface area contributed by atoms with E-state index in [-0.39, 0.29) is 0 Å². The second-order valence-electron chi connectivity index (χ2n) is 5.42. The van der Waals surface area contributed by atoms with E-state index in [2.05, 4.69) is 34.8 Å². The van der Waals surface area contributed by atoms with Crippen molar-refractivity contribution in [2.45, 2.75) is 44.6 Å². The highest BCUT2D eigenvalue weighted by molar-refractivity contribution is 7.09. The lowest BCUT2D eigenvalue weighted by Crippen LogP contribution is -2.37. The third-order valence-corrected chi connectivity index (χ3v) is 4.79. The second-order valence-corrected chi connectivity index (χ2v) is 6.45. The van der Waals surface area contributed by atoms with Gasteiger partial charge in [-0.1, -0.05) is 25.3 Å². The Balaban J connectivity index is 1.52. The zero-order valence-corrected chi connectivity index (χ0v) is 12.3. The number of likely N-dealkylation sites (N-methyl/N-ethyl adjacent to an activating group) is 1. The Hall–Kier alpha value is -0.380. The quantitative estimate of drug-likeness (QED) is 0.815. The Morgan fingerprint density at radius 1 is 1.28 bits per heavy atom. The Bertz CT molecular complexity index is 304. The van der Waals surface area contributed by atoms with Gasteiger partial charge in [-0.2, -0.15) is 0 Å². The van der Waals surface area contributed by atoms with Gasteiger partial charge in [-0.05, 0) is 37.8 Å². The first-order chi connectivity index (χ1) is 8.84. The van der Waals surface area contributed by atoms with Crippen LogP contribution in [0.15, 0.2) is 17.5 Å². The molecule has 18 heavy (non-hydrogen) atoms. The molecule has 1 heterocycles. The molecule has 1 aliphatic rings. The standard InChI is InChI=1S/C15H26N2S/c1-17(11-9-15-8-5-13-18-15)12-10-16-14-6-3-2-4-7-14/h5,8,13-14,16H,2-4,6-7,9-12H2,1H3. The highest BCUT2D eigenvalue weighted by Crippen LogP contribution is 2.17. The minimum Gasteiger partial charge on any atom is -0.313 e. The molecular weight excluding hydrogens is 240 g/mol. The normalized spacial score (nSPS) is 17.4. The molecule has 1 aromatic rings. The highest BCUT2D eigenvalue weighted by atomic mass is 32.1. The summed E-state index contributed by atoms with van der Waals surface area (Å²) in [6.07, 6.45) is 8.26. The fourth-order valence-electron chi connectivity index (χ4n) is 2.63. The molecule has 1 saturated carbocycles. The van der Waals surface area contributed by atoms with Crippen molar-refractivity contribution < 1.29 is 0 Å². The maximum Gasteiger partial charge on any atom is 0.0104 e. The van der Waals surface area contributed by atoms with E-state index < -0.39 is 0 Å². The van der Waals surface area contributed by atoms with E-state index in [0.29, 0.717) is 0 Å². The number of thiophene rings is 1. The van der Waals surface area contributed by atoms with Crippen molar-refractivity contribution in [2.75, 3.05) is 26.7 Å². The zero-order chi connectivity index (χ0) is 12.6. The summed E-state index contributed by atoms with van der Waals surface area (Å²) in [5.74, 6) is 0. The van der Waals surface area contributed by atoms with Crippen molar-refractivity contribution in [3.63, 3.8) is 0 Å². The molecule has 102 valence electrons. The van der Waals surface area contributed by atoms with Gasteiger partial charge in [0.1, 0.15) is 0 Å². The minimum absolute atomic E-state index is 0.796. The van der Waals surface area contributed by atoms with Gasteiger partial charge in [0.15, 0.2) is 0 Å². The first-order valence-corrected chi connectivity index (χ1v) is 8.17. The third kappa shape index (κ3) is 5.09. The van der Waals surface area contributed by atoms with Gasteiger partial charge in [-0.3, -0.25) is 0 Å². The van der Waals surface area contributed by atoms with Gasteiger partial charge >= 0.3 is 0 Å². The summed E-state index contributed by atoms with van der Waals surface area (Å²) >= 11 is 1.87. The molecule has 1 N–H and O–H groups in total. The number of nitrogens with zero attached hydrogens (tertiary/aromatic N) is 1. The van der Waals surface area contributed by atoms with Crippen LogP contribution in [-0.2, 0) is 6.42 Å². The second kappa shape index (κ2) is 7.93. The Morgan fingerprint density at radius 2 is 2.11 bits per heavy atom. The Kier molecular flexibility index (Phi) is 6.18. The topological polar surface area (TPSA) is 15.3 Å². The Morgan fingerprint density at radius 3 is 2.83 bits per heavy atom. The molecular formula is C15H26N2S. The number of hydrogen-bond acceptors (Lipinski definition) is 3. The van der Waals surface area contributed by atoms with Gasteiger partial charge in [-0.25, -0.2) is 0 Å². The minimum atomic E-state index is 0.796. The first-order valence-electron chi connectivity index (χ1n) is 7.29. The summed E-state index contributed by atoms with van der Waals surface area (Å²) in [5, 5.41) is 5.87. The molecule has 0 amide bonds. The lowest BCUT2D eigenvalue weighted by Gasteiger charge is -2.24. The predicted octanol–water partition coefficient (Wildman–Crippen LogP) is 3.14. The Labute approximate surface area is 115 Å². The van der Waals surface area contributed by atoms with Crippen LogP contribution in [0.5, 0.6) is 0 Å². The summed E-state index contributed by atoms with van der Waals surface area (Å²) < 4.78 is 0. The van der Waals surface area contributed by atoms with Crippen molar-refractivity contribution in [3.8, 4) is 0 Å². The van der Waals surface area contributed by atoms with E-state index in [9.17, 15) is 0 Å². The van der Waals surface area contributed by atoms with Gasteiger partial charge in [0.2, 0.25) is 0 Å². The number of hydrogen-bond donors (Lipinski definition) is 1. The van der Waals surface area contributed by atoms with Crippen molar-refractivity contribution >= 4 is 11.3 Å². The fraction of sp³-hybridized carbons (Fsp3) is 0.733. The molecule has 0 aromatic carbocycles. The van der Waals surface area contributed by atoms with Gasteiger partial charge in [-0.15, -0.1) is 11.3 Å². The SMILES string of the molecule is CN(CCNC1CCCCC1)CCc1cccs1. The summed E-state index contributed by atoms with van der Waals surface area (Å²) in [6.45, 7) is 3.49. The van der Waals surface area contributed by atoms with E-state index in [0.717, 1.165) is 12.6 Å². The average molecular weight is 266 g/mol. The molecule has 2 rings (SSSR count). The lowest BCUT2D eigenvalue weighted by molar-refractivity contribution is 0.309. The zero-order valence-electron chi connectivity index (χ0n) is 11.5. The summed E-state index contributed by atoms with van der Waals surface area (Å²) in [6, 6.07) is 5.17. The van der Waals surface area contributed by atoms with Gasteiger partial charge < -0.3 is 10.2 Å². The summed E-state index contributed by atoms with van der Waals surface area (Å²) in [5.41, 5.74) is 0. The predicted molar refractivity (Wildman–Crippen MR) is 80.4 cm³/mol. The van der Waals surface area contributed by atoms with E-state index in [4.69, 9.17) is 0 Å². The maximum absolute atomic E-state index is 3.71. The summed E-state index contributed by atoms with van der Waals surface area (Å²) in [4.78, 5) is 3.94. The van der Waals surface area contributed by atoms with E-state index in [1.807, 2.05) is 11.3 Å². The van der Waals surface area contributed by atoms with Gasteiger partial charge in [0.25, 0.3) is 0 Å². The third-order valence-electron chi connectivity index (χ3n) is 3.85. The monoisotopic (exact) mass is 266 g/mol. The number of nitrogens with one attached hydrogen (secondary N) is 1. The van der Waals surface area contributed by atoms with Crippen molar-refractivity contribution in [1.82, 2.24) is 10.2 Å². The lowest BCUT2D eigenvalue weighted by atomic mass is 9.95. The molecule has 1 aliphatic carbocycles. The van der Waals surface area contributed by atoms with Crippen LogP contribution in [0.2, 0.25) is 0 Å². The molecule has 0 bridgehead atoms. The fourth-order valence-corrected chi connectivity index (χ4v) is 3.33. The van der Waals surface area contributed by atoms with Crippen LogP contribution in [0.25, 0.3) is 0 Å². The first kappa shape index (κ1) is 14.0. The molecule has 0 atom stereocenters. The maximum atomic E-state index is 3.71. The molecule has 0 radical (unpaired) electrons. The van der Waals surface area contributed by atoms with Crippen LogP contribution in [0.1, 0.15) is 37.0 Å². The molecule has 0 unspecified atom stereocenters. The molecule has 0 saturated heterocycles. The van der Waals surface area contributed by atoms with Gasteiger partial charge in [0, 0.05) is 30.6 Å².